The lowest BCUT2D eigenvalue weighted by molar-refractivity contribution is -0.131. The van der Waals surface area contributed by atoms with Gasteiger partial charge in [-0.15, -0.1) is 0 Å². The van der Waals surface area contributed by atoms with Gasteiger partial charge in [0.1, 0.15) is 10.7 Å². The minimum Gasteiger partial charge on any atom is -0.478 e. The SMILES string of the molecule is CC/C(=C(\OS(=O)(=O)c1ccc(C)cc1)c1ccc(C=CC(=O)O)cc1)c1ccc(F)cc1Cl. The molecule has 3 aromatic rings. The van der Waals surface area contributed by atoms with E-state index in [2.05, 4.69) is 0 Å². The normalized spacial score (nSPS) is 12.5. The zero-order valence-electron chi connectivity index (χ0n) is 18.5. The Morgan fingerprint density at radius 2 is 1.71 bits per heavy atom. The van der Waals surface area contributed by atoms with Gasteiger partial charge in [-0.2, -0.15) is 8.42 Å². The van der Waals surface area contributed by atoms with Crippen LogP contribution in [0.15, 0.2) is 77.7 Å². The maximum absolute atomic E-state index is 13.7. The maximum atomic E-state index is 13.7. The maximum Gasteiger partial charge on any atom is 0.339 e. The Bertz CT molecular complexity index is 1360. The number of rotatable bonds is 8. The number of carbonyl (C=O) groups is 1. The van der Waals surface area contributed by atoms with Crippen LogP contribution in [0.4, 0.5) is 4.39 Å². The smallest absolute Gasteiger partial charge is 0.339 e. The summed E-state index contributed by atoms with van der Waals surface area (Å²) in [7, 11) is -4.21. The molecule has 0 unspecified atom stereocenters. The summed E-state index contributed by atoms with van der Waals surface area (Å²) >= 11 is 6.29. The highest BCUT2D eigenvalue weighted by atomic mass is 35.5. The Morgan fingerprint density at radius 3 is 2.26 bits per heavy atom. The largest absolute Gasteiger partial charge is 0.478 e. The lowest BCUT2D eigenvalue weighted by Crippen LogP contribution is -2.08. The minimum absolute atomic E-state index is 0.0164. The third-order valence-corrected chi connectivity index (χ3v) is 6.53. The summed E-state index contributed by atoms with van der Waals surface area (Å²) in [5, 5.41) is 8.94. The fraction of sp³-hybridized carbons (Fsp3) is 0.115. The molecule has 34 heavy (non-hydrogen) atoms. The van der Waals surface area contributed by atoms with Gasteiger partial charge in [-0.3, -0.25) is 0 Å². The van der Waals surface area contributed by atoms with Gasteiger partial charge in [0.2, 0.25) is 0 Å². The van der Waals surface area contributed by atoms with E-state index in [4.69, 9.17) is 20.9 Å². The van der Waals surface area contributed by atoms with Crippen molar-refractivity contribution in [2.24, 2.45) is 0 Å². The number of aliphatic carboxylic acids is 1. The second kappa shape index (κ2) is 10.7. The first-order valence-corrected chi connectivity index (χ1v) is 12.1. The van der Waals surface area contributed by atoms with E-state index in [0.717, 1.165) is 17.7 Å². The van der Waals surface area contributed by atoms with Crippen LogP contribution >= 0.6 is 11.6 Å². The monoisotopic (exact) mass is 500 g/mol. The van der Waals surface area contributed by atoms with Crippen LogP contribution in [0.1, 0.15) is 35.6 Å². The molecule has 0 bridgehead atoms. The lowest BCUT2D eigenvalue weighted by atomic mass is 9.98. The second-order valence-corrected chi connectivity index (χ2v) is 9.38. The van der Waals surface area contributed by atoms with Crippen LogP contribution in [0, 0.1) is 12.7 Å². The summed E-state index contributed by atoms with van der Waals surface area (Å²) < 4.78 is 45.6. The number of carboxylic acid groups (broad SMARTS) is 1. The Morgan fingerprint density at radius 1 is 1.06 bits per heavy atom. The number of hydrogen-bond donors (Lipinski definition) is 1. The third-order valence-electron chi connectivity index (χ3n) is 4.98. The molecule has 0 aromatic heterocycles. The first kappa shape index (κ1) is 25.2. The summed E-state index contributed by atoms with van der Waals surface area (Å²) in [6.45, 7) is 3.65. The minimum atomic E-state index is -4.21. The van der Waals surface area contributed by atoms with Gasteiger partial charge in [0.15, 0.2) is 5.76 Å². The molecule has 3 aromatic carbocycles. The molecule has 1 N–H and O–H groups in total. The van der Waals surface area contributed by atoms with Crippen molar-refractivity contribution >= 4 is 45.1 Å². The number of benzene rings is 3. The zero-order valence-corrected chi connectivity index (χ0v) is 20.0. The Labute approximate surface area is 202 Å². The van der Waals surface area contributed by atoms with Crippen molar-refractivity contribution in [1.29, 1.82) is 0 Å². The van der Waals surface area contributed by atoms with Crippen LogP contribution in [-0.4, -0.2) is 19.5 Å². The van der Waals surface area contributed by atoms with E-state index in [9.17, 15) is 17.6 Å². The van der Waals surface area contributed by atoms with Crippen LogP contribution in [-0.2, 0) is 19.1 Å². The fourth-order valence-corrected chi connectivity index (χ4v) is 4.52. The molecule has 0 amide bonds. The molecule has 0 spiro atoms. The van der Waals surface area contributed by atoms with Gasteiger partial charge in [-0.1, -0.05) is 66.6 Å². The van der Waals surface area contributed by atoms with Crippen molar-refractivity contribution in [3.05, 3.63) is 106 Å². The molecule has 8 heteroatoms. The molecule has 0 aliphatic carbocycles. The second-order valence-electron chi connectivity index (χ2n) is 7.43. The van der Waals surface area contributed by atoms with Crippen molar-refractivity contribution in [2.75, 3.05) is 0 Å². The molecule has 176 valence electrons. The zero-order chi connectivity index (χ0) is 24.9. The van der Waals surface area contributed by atoms with Gasteiger partial charge in [-0.05, 0) is 49.2 Å². The molecule has 3 rings (SSSR count). The summed E-state index contributed by atoms with van der Waals surface area (Å²) in [4.78, 5) is 10.8. The first-order chi connectivity index (χ1) is 16.1. The molecule has 0 saturated heterocycles. The lowest BCUT2D eigenvalue weighted by Gasteiger charge is -2.17. The van der Waals surface area contributed by atoms with Crippen molar-refractivity contribution in [1.82, 2.24) is 0 Å². The summed E-state index contributed by atoms with van der Waals surface area (Å²) in [5.74, 6) is -1.56. The van der Waals surface area contributed by atoms with Gasteiger partial charge in [-0.25, -0.2) is 9.18 Å². The number of halogens is 2. The van der Waals surface area contributed by atoms with Crippen molar-refractivity contribution < 1.29 is 26.9 Å². The number of aryl methyl sites for hydroxylation is 1. The molecule has 0 fully saturated rings. The van der Waals surface area contributed by atoms with Gasteiger partial charge < -0.3 is 9.29 Å². The van der Waals surface area contributed by atoms with E-state index in [1.807, 2.05) is 6.92 Å². The molecule has 0 atom stereocenters. The predicted octanol–water partition coefficient (Wildman–Crippen LogP) is 6.57. The van der Waals surface area contributed by atoms with Crippen LogP contribution in [0.5, 0.6) is 0 Å². The van der Waals surface area contributed by atoms with Crippen molar-refractivity contribution in [3.8, 4) is 0 Å². The molecular weight excluding hydrogens is 479 g/mol. The highest BCUT2D eigenvalue weighted by Gasteiger charge is 2.23. The van der Waals surface area contributed by atoms with Crippen molar-refractivity contribution in [3.63, 3.8) is 0 Å². The van der Waals surface area contributed by atoms with Crippen LogP contribution in [0.2, 0.25) is 5.02 Å². The quantitative estimate of drug-likeness (QED) is 0.164. The summed E-state index contributed by atoms with van der Waals surface area (Å²) in [6.07, 6.45) is 2.75. The Kier molecular flexibility index (Phi) is 7.91. The number of hydrogen-bond acceptors (Lipinski definition) is 4. The average molecular weight is 501 g/mol. The predicted molar refractivity (Wildman–Crippen MR) is 131 cm³/mol. The first-order valence-electron chi connectivity index (χ1n) is 10.3. The Balaban J connectivity index is 2.17. The highest BCUT2D eigenvalue weighted by molar-refractivity contribution is 7.87. The molecule has 0 radical (unpaired) electrons. The third kappa shape index (κ3) is 6.12. The van der Waals surface area contributed by atoms with E-state index < -0.39 is 21.9 Å². The van der Waals surface area contributed by atoms with Gasteiger partial charge in [0, 0.05) is 22.8 Å². The highest BCUT2D eigenvalue weighted by Crippen LogP contribution is 2.36. The van der Waals surface area contributed by atoms with E-state index >= 15 is 0 Å². The molecule has 0 saturated carbocycles. The molecule has 0 aliphatic heterocycles. The molecule has 5 nitrogen and oxygen atoms in total. The number of allylic oxidation sites excluding steroid dienone is 1. The van der Waals surface area contributed by atoms with Crippen molar-refractivity contribution in [2.45, 2.75) is 25.2 Å². The topological polar surface area (TPSA) is 80.7 Å². The van der Waals surface area contributed by atoms with E-state index in [1.54, 1.807) is 43.3 Å². The molecular formula is C26H22ClFO5S. The van der Waals surface area contributed by atoms with Gasteiger partial charge in [0.05, 0.1) is 5.02 Å². The Hall–Kier alpha value is -3.42. The summed E-state index contributed by atoms with van der Waals surface area (Å²) in [6, 6.07) is 16.6. The number of carboxylic acids is 1. The van der Waals surface area contributed by atoms with Crippen LogP contribution in [0.3, 0.4) is 0 Å². The van der Waals surface area contributed by atoms with E-state index in [1.165, 1.54) is 30.3 Å². The van der Waals surface area contributed by atoms with Crippen LogP contribution in [0.25, 0.3) is 17.4 Å². The molecule has 0 aliphatic rings. The van der Waals surface area contributed by atoms with Gasteiger partial charge in [0.25, 0.3) is 0 Å². The van der Waals surface area contributed by atoms with Crippen LogP contribution < -0.4 is 0 Å². The van der Waals surface area contributed by atoms with Gasteiger partial charge >= 0.3 is 16.1 Å². The summed E-state index contributed by atoms with van der Waals surface area (Å²) in [5.41, 5.74) is 2.83. The fourth-order valence-electron chi connectivity index (χ4n) is 3.26. The average Bonchev–Trinajstić information content (AvgIpc) is 2.79. The molecule has 0 heterocycles. The van der Waals surface area contributed by atoms with E-state index in [0.29, 0.717) is 28.7 Å². The van der Waals surface area contributed by atoms with E-state index in [-0.39, 0.29) is 15.7 Å². The standard InChI is InChI=1S/C26H22ClFO5S/c1-3-22(23-14-11-20(28)16-24(23)27)26(19-9-6-18(7-10-19)8-15-25(29)30)33-34(31,32)21-12-4-17(2)5-13-21/h4-16H,3H2,1-2H3,(H,29,30)/b15-8?,26-22+.